The van der Waals surface area contributed by atoms with Crippen molar-refractivity contribution in [3.8, 4) is 16.9 Å². The Labute approximate surface area is 187 Å². The Kier molecular flexibility index (Phi) is 6.26. The molecule has 2 aromatic carbocycles. The lowest BCUT2D eigenvalue weighted by molar-refractivity contribution is 0.502. The highest BCUT2D eigenvalue weighted by Gasteiger charge is 2.38. The molecule has 2 atom stereocenters. The molecule has 0 spiro atoms. The predicted octanol–water partition coefficient (Wildman–Crippen LogP) is 3.39. The van der Waals surface area contributed by atoms with E-state index in [-0.39, 0.29) is 11.8 Å². The molecule has 0 saturated carbocycles. The maximum Gasteiger partial charge on any atom is 0.216 e. The Hall–Kier alpha value is -2.88. The van der Waals surface area contributed by atoms with Gasteiger partial charge in [-0.3, -0.25) is 5.43 Å². The first kappa shape index (κ1) is 21.4. The van der Waals surface area contributed by atoms with Crippen molar-refractivity contribution in [3.63, 3.8) is 0 Å². The lowest BCUT2D eigenvalue weighted by Crippen LogP contribution is -2.40. The van der Waals surface area contributed by atoms with E-state index in [1.165, 1.54) is 5.56 Å². The first-order valence-electron chi connectivity index (χ1n) is 9.93. The Morgan fingerprint density at radius 3 is 2.68 bits per heavy atom. The third-order valence-electron chi connectivity index (χ3n) is 5.04. The van der Waals surface area contributed by atoms with Gasteiger partial charge < -0.3 is 5.32 Å². The fourth-order valence-electron chi connectivity index (χ4n) is 3.43. The molecule has 1 saturated heterocycles. The number of nitrogens with zero attached hydrogens (tertiary/aromatic N) is 3. The summed E-state index contributed by atoms with van der Waals surface area (Å²) in [6.07, 6.45) is 4.21. The second kappa shape index (κ2) is 9.09. The van der Waals surface area contributed by atoms with E-state index in [2.05, 4.69) is 28.0 Å². The molecule has 3 aromatic rings. The van der Waals surface area contributed by atoms with Gasteiger partial charge >= 0.3 is 0 Å². The van der Waals surface area contributed by atoms with Crippen LogP contribution >= 0.6 is 12.2 Å². The highest BCUT2D eigenvalue weighted by Crippen LogP contribution is 2.23. The van der Waals surface area contributed by atoms with Crippen molar-refractivity contribution in [3.05, 3.63) is 71.9 Å². The Bertz CT molecular complexity index is 1140. The van der Waals surface area contributed by atoms with Crippen LogP contribution in [0.1, 0.15) is 17.5 Å². The fraction of sp³-hybridized carbons (Fsp3) is 0.227. The van der Waals surface area contributed by atoms with E-state index < -0.39 is 10.2 Å². The number of rotatable bonds is 5. The van der Waals surface area contributed by atoms with Gasteiger partial charge in [-0.2, -0.15) is 14.8 Å². The van der Waals surface area contributed by atoms with Gasteiger partial charge in [0.25, 0.3) is 0 Å². The second-order valence-electron chi connectivity index (χ2n) is 7.55. The molecule has 1 aromatic heterocycles. The third-order valence-corrected chi connectivity index (χ3v) is 7.05. The minimum Gasteiger partial charge on any atom is -0.354 e. The van der Waals surface area contributed by atoms with Crippen LogP contribution in [0.15, 0.2) is 65.9 Å². The van der Waals surface area contributed by atoms with Crippen LogP contribution in [0.25, 0.3) is 16.9 Å². The molecule has 0 radical (unpaired) electrons. The molecular weight excluding hydrogens is 430 g/mol. The number of benzene rings is 2. The summed E-state index contributed by atoms with van der Waals surface area (Å²) in [5.41, 5.74) is 7.57. The van der Waals surface area contributed by atoms with Crippen molar-refractivity contribution >= 4 is 33.8 Å². The van der Waals surface area contributed by atoms with E-state index in [9.17, 15) is 8.76 Å². The Morgan fingerprint density at radius 2 is 2.00 bits per heavy atom. The van der Waals surface area contributed by atoms with Gasteiger partial charge in [0.2, 0.25) is 10.2 Å². The summed E-state index contributed by atoms with van der Waals surface area (Å²) >= 11 is 5.27. The summed E-state index contributed by atoms with van der Waals surface area (Å²) < 4.78 is 23.2. The number of hydrogen-bond donors (Lipinski definition) is 3. The van der Waals surface area contributed by atoms with Crippen LogP contribution in [0.2, 0.25) is 0 Å². The normalized spacial score (nSPS) is 20.8. The van der Waals surface area contributed by atoms with E-state index in [4.69, 9.17) is 17.3 Å². The Morgan fingerprint density at radius 1 is 1.26 bits per heavy atom. The van der Waals surface area contributed by atoms with E-state index in [1.807, 2.05) is 60.3 Å². The molecule has 0 aliphatic carbocycles. The zero-order valence-electron chi connectivity index (χ0n) is 17.1. The molecule has 0 bridgehead atoms. The maximum absolute atomic E-state index is 11.7. The smallest absolute Gasteiger partial charge is 0.216 e. The van der Waals surface area contributed by atoms with Gasteiger partial charge in [-0.25, -0.2) is 4.68 Å². The largest absolute Gasteiger partial charge is 0.354 e. The number of aromatic nitrogens is 2. The topological polar surface area (TPSA) is 91.5 Å². The minimum atomic E-state index is -2.72. The van der Waals surface area contributed by atoms with Gasteiger partial charge in [0.05, 0.1) is 17.9 Å². The summed E-state index contributed by atoms with van der Waals surface area (Å²) in [7, 11) is -2.72. The average Bonchev–Trinajstić information content (AvgIpc) is 3.32. The van der Waals surface area contributed by atoms with Crippen molar-refractivity contribution < 1.29 is 8.76 Å². The number of thiocarbonyl (C=S) groups is 1. The average molecular weight is 455 g/mol. The molecule has 3 N–H and O–H groups in total. The molecule has 9 heteroatoms. The monoisotopic (exact) mass is 454 g/mol. The van der Waals surface area contributed by atoms with Gasteiger partial charge in [-0.15, -0.1) is 0 Å². The highest BCUT2D eigenvalue weighted by molar-refractivity contribution is 7.98. The van der Waals surface area contributed by atoms with E-state index in [0.717, 1.165) is 22.5 Å². The van der Waals surface area contributed by atoms with E-state index in [0.29, 0.717) is 17.3 Å². The maximum atomic E-state index is 11.7. The SMILES string of the molecule is Cc1ccc(-c2nn(-c3ccccc3)cc2/C=N\NC(=S)N[C@H]2CC[S+](=O)(O)C2)cc1. The molecule has 1 unspecified atom stereocenters. The van der Waals surface area contributed by atoms with Gasteiger partial charge in [-0.05, 0) is 31.3 Å². The van der Waals surface area contributed by atoms with Crippen LogP contribution < -0.4 is 10.7 Å². The molecule has 31 heavy (non-hydrogen) atoms. The molecule has 1 fully saturated rings. The molecule has 1 aliphatic rings. The number of para-hydroxylation sites is 1. The van der Waals surface area contributed by atoms with Crippen LogP contribution in [0.4, 0.5) is 0 Å². The molecule has 7 nitrogen and oxygen atoms in total. The summed E-state index contributed by atoms with van der Waals surface area (Å²) in [4.78, 5) is 0. The quantitative estimate of drug-likeness (QED) is 0.237. The standard InChI is InChI=1S/C22H23N5O2S2/c1-16-7-9-17(10-8-16)21-18(14-27(26-21)20-5-3-2-4-6-20)13-23-25-22(30)24-19-11-12-31(28,29)15-19/h2-10,13-14,19H,11-12,15H2,1H3,(H2-,24,25,28,29,30)/p+1/b23-13-/t19-/m0/s1. The number of nitrogens with one attached hydrogen (secondary N) is 2. The lowest BCUT2D eigenvalue weighted by atomic mass is 10.1. The van der Waals surface area contributed by atoms with E-state index >= 15 is 0 Å². The van der Waals surface area contributed by atoms with Gasteiger partial charge in [0.15, 0.2) is 10.9 Å². The number of hydrogen-bond acceptors (Lipinski definition) is 4. The number of aryl methyl sites for hydroxylation is 1. The first-order valence-corrected chi connectivity index (χ1v) is 12.2. The van der Waals surface area contributed by atoms with Gasteiger partial charge in [0, 0.05) is 23.7 Å². The summed E-state index contributed by atoms with van der Waals surface area (Å²) in [6.45, 7) is 2.05. The molecule has 160 valence electrons. The minimum absolute atomic E-state index is 0.114. The third kappa shape index (κ3) is 5.43. The van der Waals surface area contributed by atoms with Crippen LogP contribution in [0.3, 0.4) is 0 Å². The van der Waals surface area contributed by atoms with Crippen molar-refractivity contribution in [1.82, 2.24) is 20.5 Å². The van der Waals surface area contributed by atoms with E-state index in [1.54, 1.807) is 6.21 Å². The van der Waals surface area contributed by atoms with Gasteiger partial charge in [0.1, 0.15) is 11.4 Å². The van der Waals surface area contributed by atoms with Gasteiger partial charge in [-0.1, -0.05) is 52.2 Å². The zero-order valence-corrected chi connectivity index (χ0v) is 18.7. The van der Waals surface area contributed by atoms with Crippen molar-refractivity contribution in [2.45, 2.75) is 19.4 Å². The molecule has 2 heterocycles. The van der Waals surface area contributed by atoms with Crippen molar-refractivity contribution in [2.24, 2.45) is 5.10 Å². The molecule has 0 amide bonds. The molecule has 4 rings (SSSR count). The van der Waals surface area contributed by atoms with Crippen LogP contribution in [-0.2, 0) is 14.4 Å². The van der Waals surface area contributed by atoms with Crippen molar-refractivity contribution in [2.75, 3.05) is 11.5 Å². The predicted molar refractivity (Wildman–Crippen MR) is 129 cm³/mol. The van der Waals surface area contributed by atoms with Crippen molar-refractivity contribution in [1.29, 1.82) is 0 Å². The van der Waals surface area contributed by atoms with Crippen LogP contribution in [-0.4, -0.2) is 43.2 Å². The van der Waals surface area contributed by atoms with Crippen LogP contribution in [0, 0.1) is 6.92 Å². The Balaban J connectivity index is 1.52. The highest BCUT2D eigenvalue weighted by atomic mass is 32.3. The first-order chi connectivity index (χ1) is 14.9. The zero-order chi connectivity index (χ0) is 21.8. The summed E-state index contributed by atoms with van der Waals surface area (Å²) in [6, 6.07) is 17.9. The summed E-state index contributed by atoms with van der Waals surface area (Å²) in [5, 5.41) is 12.4. The second-order valence-corrected chi connectivity index (χ2v) is 10.2. The number of hydrazone groups is 1. The molecule has 1 aliphatic heterocycles. The van der Waals surface area contributed by atoms with Crippen LogP contribution in [0.5, 0.6) is 0 Å². The molecular formula is C22H24N5O2S2+. The lowest BCUT2D eigenvalue weighted by Gasteiger charge is -2.10. The summed E-state index contributed by atoms with van der Waals surface area (Å²) in [5.74, 6) is 0.509. The fourth-order valence-corrected chi connectivity index (χ4v) is 5.35.